The Morgan fingerprint density at radius 1 is 1.21 bits per heavy atom. The number of carbonyl (C=O) groups excluding carboxylic acids is 2. The van der Waals surface area contributed by atoms with Crippen molar-refractivity contribution in [3.63, 3.8) is 0 Å². The molecule has 2 N–H and O–H groups in total. The van der Waals surface area contributed by atoms with Crippen LogP contribution in [-0.4, -0.2) is 25.5 Å². The number of hydrogen-bond acceptors (Lipinski definition) is 4. The summed E-state index contributed by atoms with van der Waals surface area (Å²) in [7, 11) is 1.60. The van der Waals surface area contributed by atoms with Crippen molar-refractivity contribution in [2.75, 3.05) is 13.7 Å². The average molecular weight is 346 g/mol. The standard InChI is InChI=1S/C18H22N2O3S/c1-11-5-7-15(23-4)14(9-11)13(3)20-17(21)10-19-18(22)16-8-6-12(2)24-16/h5-9,13H,10H2,1-4H3,(H,19,22)(H,20,21)/t13-/m1/s1. The van der Waals surface area contributed by atoms with Gasteiger partial charge < -0.3 is 15.4 Å². The Hall–Kier alpha value is -2.34. The maximum Gasteiger partial charge on any atom is 0.261 e. The first-order valence-corrected chi connectivity index (χ1v) is 8.51. The third kappa shape index (κ3) is 4.58. The fourth-order valence-electron chi connectivity index (χ4n) is 2.37. The van der Waals surface area contributed by atoms with E-state index < -0.39 is 0 Å². The molecule has 128 valence electrons. The molecule has 0 unspecified atom stereocenters. The van der Waals surface area contributed by atoms with Gasteiger partial charge in [0, 0.05) is 10.4 Å². The molecule has 5 nitrogen and oxygen atoms in total. The Bertz CT molecular complexity index is 740. The van der Waals surface area contributed by atoms with Gasteiger partial charge in [0.15, 0.2) is 0 Å². The Balaban J connectivity index is 1.92. The summed E-state index contributed by atoms with van der Waals surface area (Å²) in [5.74, 6) is 0.253. The molecule has 1 atom stereocenters. The van der Waals surface area contributed by atoms with Crippen molar-refractivity contribution in [1.29, 1.82) is 0 Å². The number of ether oxygens (including phenoxy) is 1. The molecule has 2 aromatic rings. The molecule has 0 fully saturated rings. The van der Waals surface area contributed by atoms with Gasteiger partial charge in [0.1, 0.15) is 5.75 Å². The summed E-state index contributed by atoms with van der Waals surface area (Å²) in [6.45, 7) is 5.75. The molecule has 24 heavy (non-hydrogen) atoms. The van der Waals surface area contributed by atoms with Crippen LogP contribution in [0.25, 0.3) is 0 Å². The van der Waals surface area contributed by atoms with Gasteiger partial charge in [-0.2, -0.15) is 0 Å². The van der Waals surface area contributed by atoms with E-state index in [2.05, 4.69) is 10.6 Å². The first-order valence-electron chi connectivity index (χ1n) is 7.69. The number of thiophene rings is 1. The van der Waals surface area contributed by atoms with Gasteiger partial charge in [-0.05, 0) is 39.0 Å². The third-order valence-corrected chi connectivity index (χ3v) is 4.60. The number of methoxy groups -OCH3 is 1. The van der Waals surface area contributed by atoms with Gasteiger partial charge in [0.2, 0.25) is 5.91 Å². The number of hydrogen-bond donors (Lipinski definition) is 2. The highest BCUT2D eigenvalue weighted by atomic mass is 32.1. The van der Waals surface area contributed by atoms with Gasteiger partial charge in [-0.25, -0.2) is 0 Å². The Morgan fingerprint density at radius 3 is 2.58 bits per heavy atom. The van der Waals surface area contributed by atoms with Crippen LogP contribution in [0.15, 0.2) is 30.3 Å². The first kappa shape index (κ1) is 18.0. The van der Waals surface area contributed by atoms with Crippen LogP contribution in [0.4, 0.5) is 0 Å². The molecule has 0 bridgehead atoms. The van der Waals surface area contributed by atoms with Crippen molar-refractivity contribution in [2.45, 2.75) is 26.8 Å². The quantitative estimate of drug-likeness (QED) is 0.845. The summed E-state index contributed by atoms with van der Waals surface area (Å²) in [6, 6.07) is 9.25. The number of rotatable bonds is 6. The number of carbonyl (C=O) groups is 2. The molecule has 0 saturated carbocycles. The van der Waals surface area contributed by atoms with Crippen molar-refractivity contribution in [3.8, 4) is 5.75 Å². The number of benzene rings is 1. The topological polar surface area (TPSA) is 67.4 Å². The van der Waals surface area contributed by atoms with E-state index in [9.17, 15) is 9.59 Å². The summed E-state index contributed by atoms with van der Waals surface area (Å²) < 4.78 is 5.34. The maximum atomic E-state index is 12.1. The molecular weight excluding hydrogens is 324 g/mol. The molecule has 0 spiro atoms. The van der Waals surface area contributed by atoms with Crippen LogP contribution in [0, 0.1) is 13.8 Å². The number of nitrogens with one attached hydrogen (secondary N) is 2. The summed E-state index contributed by atoms with van der Waals surface area (Å²) in [6.07, 6.45) is 0. The predicted octanol–water partition coefficient (Wildman–Crippen LogP) is 2.98. The van der Waals surface area contributed by atoms with Crippen LogP contribution < -0.4 is 15.4 Å². The lowest BCUT2D eigenvalue weighted by Crippen LogP contribution is -2.37. The molecule has 0 saturated heterocycles. The molecule has 0 radical (unpaired) electrons. The SMILES string of the molecule is COc1ccc(C)cc1[C@@H](C)NC(=O)CNC(=O)c1ccc(C)s1. The minimum Gasteiger partial charge on any atom is -0.496 e. The highest BCUT2D eigenvalue weighted by Gasteiger charge is 2.15. The zero-order valence-corrected chi connectivity index (χ0v) is 15.1. The number of aryl methyl sites for hydroxylation is 2. The van der Waals surface area contributed by atoms with Crippen LogP contribution in [0.3, 0.4) is 0 Å². The summed E-state index contributed by atoms with van der Waals surface area (Å²) >= 11 is 1.40. The third-order valence-electron chi connectivity index (χ3n) is 3.60. The number of amides is 2. The van der Waals surface area contributed by atoms with Gasteiger partial charge in [-0.15, -0.1) is 11.3 Å². The van der Waals surface area contributed by atoms with E-state index in [1.165, 1.54) is 11.3 Å². The lowest BCUT2D eigenvalue weighted by atomic mass is 10.0. The molecule has 0 aliphatic rings. The van der Waals surface area contributed by atoms with Crippen LogP contribution >= 0.6 is 11.3 Å². The zero-order chi connectivity index (χ0) is 17.7. The predicted molar refractivity (Wildman–Crippen MR) is 95.7 cm³/mol. The van der Waals surface area contributed by atoms with Gasteiger partial charge in [-0.1, -0.05) is 17.7 Å². The van der Waals surface area contributed by atoms with Gasteiger partial charge in [0.25, 0.3) is 5.91 Å². The summed E-state index contributed by atoms with van der Waals surface area (Å²) in [5, 5.41) is 5.52. The Morgan fingerprint density at radius 2 is 1.96 bits per heavy atom. The molecule has 0 aliphatic carbocycles. The second-order valence-electron chi connectivity index (χ2n) is 5.63. The van der Waals surface area contributed by atoms with Crippen molar-refractivity contribution >= 4 is 23.2 Å². The molecule has 0 aliphatic heterocycles. The van der Waals surface area contributed by atoms with Crippen molar-refractivity contribution in [2.24, 2.45) is 0 Å². The van der Waals surface area contributed by atoms with Crippen molar-refractivity contribution in [1.82, 2.24) is 10.6 Å². The molecule has 1 aromatic heterocycles. The molecular formula is C18H22N2O3S. The summed E-state index contributed by atoms with van der Waals surface area (Å²) in [4.78, 5) is 25.7. The van der Waals surface area contributed by atoms with E-state index in [0.29, 0.717) is 4.88 Å². The smallest absolute Gasteiger partial charge is 0.261 e. The van der Waals surface area contributed by atoms with E-state index in [1.807, 2.05) is 45.0 Å². The van der Waals surface area contributed by atoms with Crippen LogP contribution in [0.5, 0.6) is 5.75 Å². The van der Waals surface area contributed by atoms with E-state index in [0.717, 1.165) is 21.8 Å². The Labute approximate surface area is 146 Å². The second-order valence-corrected chi connectivity index (χ2v) is 6.92. The monoisotopic (exact) mass is 346 g/mol. The van der Waals surface area contributed by atoms with Crippen molar-refractivity contribution < 1.29 is 14.3 Å². The van der Waals surface area contributed by atoms with Crippen LogP contribution in [0.2, 0.25) is 0 Å². The molecule has 1 aromatic carbocycles. The van der Waals surface area contributed by atoms with Crippen molar-refractivity contribution in [3.05, 3.63) is 51.2 Å². The zero-order valence-electron chi connectivity index (χ0n) is 14.3. The minimum absolute atomic E-state index is 0.0613. The fourth-order valence-corrected chi connectivity index (χ4v) is 3.15. The maximum absolute atomic E-state index is 12.1. The van der Waals surface area contributed by atoms with E-state index in [4.69, 9.17) is 4.74 Å². The first-order chi connectivity index (χ1) is 11.4. The summed E-state index contributed by atoms with van der Waals surface area (Å²) in [5.41, 5.74) is 2.00. The van der Waals surface area contributed by atoms with Gasteiger partial charge >= 0.3 is 0 Å². The van der Waals surface area contributed by atoms with Crippen LogP contribution in [0.1, 0.15) is 38.6 Å². The van der Waals surface area contributed by atoms with Gasteiger partial charge in [-0.3, -0.25) is 9.59 Å². The molecule has 2 rings (SSSR count). The average Bonchev–Trinajstić information content (AvgIpc) is 2.99. The minimum atomic E-state index is -0.243. The largest absolute Gasteiger partial charge is 0.496 e. The highest BCUT2D eigenvalue weighted by molar-refractivity contribution is 7.13. The molecule has 1 heterocycles. The molecule has 6 heteroatoms. The van der Waals surface area contributed by atoms with E-state index >= 15 is 0 Å². The van der Waals surface area contributed by atoms with E-state index in [-0.39, 0.29) is 24.4 Å². The van der Waals surface area contributed by atoms with E-state index in [1.54, 1.807) is 13.2 Å². The Kier molecular flexibility index (Phi) is 5.98. The highest BCUT2D eigenvalue weighted by Crippen LogP contribution is 2.25. The second kappa shape index (κ2) is 7.97. The lowest BCUT2D eigenvalue weighted by Gasteiger charge is -2.18. The lowest BCUT2D eigenvalue weighted by molar-refractivity contribution is -0.120. The fraction of sp³-hybridized carbons (Fsp3) is 0.333. The normalized spacial score (nSPS) is 11.7. The van der Waals surface area contributed by atoms with Gasteiger partial charge in [0.05, 0.1) is 24.6 Å². The molecule has 2 amide bonds. The van der Waals surface area contributed by atoms with Crippen LogP contribution in [-0.2, 0) is 4.79 Å².